The normalized spacial score (nSPS) is 11.9. The van der Waals surface area contributed by atoms with Crippen LogP contribution in [-0.2, 0) is 0 Å². The highest BCUT2D eigenvalue weighted by Crippen LogP contribution is 2.10. The molecule has 0 aromatic heterocycles. The molecule has 0 saturated carbocycles. The Labute approximate surface area is 96.5 Å². The average molecular weight is 208 g/mol. The van der Waals surface area contributed by atoms with E-state index in [0.717, 1.165) is 0 Å². The molecular formula is C15H28. The SMILES string of the molecule is CC=CCCCCCCCCCC=CC. The van der Waals surface area contributed by atoms with Crippen molar-refractivity contribution in [1.29, 1.82) is 0 Å². The van der Waals surface area contributed by atoms with Crippen LogP contribution in [0.15, 0.2) is 24.3 Å². The second kappa shape index (κ2) is 13.5. The van der Waals surface area contributed by atoms with Crippen LogP contribution in [-0.4, -0.2) is 0 Å². The van der Waals surface area contributed by atoms with Crippen molar-refractivity contribution < 1.29 is 0 Å². The quantitative estimate of drug-likeness (QED) is 0.321. The van der Waals surface area contributed by atoms with Crippen LogP contribution in [0.1, 0.15) is 71.6 Å². The van der Waals surface area contributed by atoms with Crippen molar-refractivity contribution in [2.75, 3.05) is 0 Å². The van der Waals surface area contributed by atoms with Crippen LogP contribution in [0.25, 0.3) is 0 Å². The fourth-order valence-electron chi connectivity index (χ4n) is 1.74. The lowest BCUT2D eigenvalue weighted by Crippen LogP contribution is -1.80. The maximum absolute atomic E-state index is 2.27. The molecule has 0 nitrogen and oxygen atoms in total. The lowest BCUT2D eigenvalue weighted by atomic mass is 10.1. The predicted octanol–water partition coefficient (Wildman–Crippen LogP) is 5.65. The van der Waals surface area contributed by atoms with Crippen LogP contribution in [0.3, 0.4) is 0 Å². The molecule has 0 aliphatic heterocycles. The summed E-state index contributed by atoms with van der Waals surface area (Å²) >= 11 is 0. The van der Waals surface area contributed by atoms with Crippen molar-refractivity contribution in [1.82, 2.24) is 0 Å². The van der Waals surface area contributed by atoms with Crippen LogP contribution >= 0.6 is 0 Å². The molecule has 0 spiro atoms. The number of allylic oxidation sites excluding steroid dienone is 4. The Kier molecular flexibility index (Phi) is 13.0. The molecule has 0 aliphatic carbocycles. The molecule has 0 rings (SSSR count). The summed E-state index contributed by atoms with van der Waals surface area (Å²) in [4.78, 5) is 0. The Bertz CT molecular complexity index is 135. The molecule has 0 amide bonds. The minimum atomic E-state index is 1.28. The topological polar surface area (TPSA) is 0 Å². The first kappa shape index (κ1) is 14.5. The second-order valence-corrected chi connectivity index (χ2v) is 4.19. The fourth-order valence-corrected chi connectivity index (χ4v) is 1.74. The molecular weight excluding hydrogens is 180 g/mol. The van der Waals surface area contributed by atoms with Gasteiger partial charge in [-0.3, -0.25) is 0 Å². The van der Waals surface area contributed by atoms with Gasteiger partial charge in [-0.15, -0.1) is 0 Å². The van der Waals surface area contributed by atoms with Crippen LogP contribution in [0, 0.1) is 0 Å². The van der Waals surface area contributed by atoms with E-state index >= 15 is 0 Å². The molecule has 0 heterocycles. The van der Waals surface area contributed by atoms with Crippen LogP contribution in [0.2, 0.25) is 0 Å². The summed E-state index contributed by atoms with van der Waals surface area (Å²) in [6, 6.07) is 0. The number of hydrogen-bond donors (Lipinski definition) is 0. The smallest absolute Gasteiger partial charge is 0.0351 e. The third-order valence-corrected chi connectivity index (χ3v) is 2.71. The van der Waals surface area contributed by atoms with Crippen LogP contribution < -0.4 is 0 Å². The summed E-state index contributed by atoms with van der Waals surface area (Å²) in [5, 5.41) is 0. The highest BCUT2D eigenvalue weighted by molar-refractivity contribution is 4.76. The number of hydrogen-bond acceptors (Lipinski definition) is 0. The van der Waals surface area contributed by atoms with E-state index in [0.29, 0.717) is 0 Å². The van der Waals surface area contributed by atoms with Gasteiger partial charge in [-0.2, -0.15) is 0 Å². The first-order valence-electron chi connectivity index (χ1n) is 6.64. The monoisotopic (exact) mass is 208 g/mol. The minimum Gasteiger partial charge on any atom is -0.0917 e. The predicted molar refractivity (Wildman–Crippen MR) is 71.2 cm³/mol. The van der Waals surface area contributed by atoms with Gasteiger partial charge in [-0.25, -0.2) is 0 Å². The first-order valence-corrected chi connectivity index (χ1v) is 6.64. The van der Waals surface area contributed by atoms with Gasteiger partial charge in [0.1, 0.15) is 0 Å². The standard InChI is InChI=1S/C15H28/c1-3-5-7-9-11-13-15-14-12-10-8-6-4-2/h3-6H,7-15H2,1-2H3. The molecule has 88 valence electrons. The lowest BCUT2D eigenvalue weighted by molar-refractivity contribution is 0.583. The van der Waals surface area contributed by atoms with E-state index in [4.69, 9.17) is 0 Å². The third-order valence-electron chi connectivity index (χ3n) is 2.71. The Morgan fingerprint density at radius 3 is 1.20 bits per heavy atom. The molecule has 0 fully saturated rings. The molecule has 0 radical (unpaired) electrons. The van der Waals surface area contributed by atoms with E-state index in [9.17, 15) is 0 Å². The van der Waals surface area contributed by atoms with Crippen molar-refractivity contribution in [3.63, 3.8) is 0 Å². The molecule has 0 heteroatoms. The Morgan fingerprint density at radius 1 is 0.533 bits per heavy atom. The zero-order valence-electron chi connectivity index (χ0n) is 10.7. The zero-order valence-corrected chi connectivity index (χ0v) is 10.7. The molecule has 15 heavy (non-hydrogen) atoms. The molecule has 0 unspecified atom stereocenters. The van der Waals surface area contributed by atoms with Gasteiger partial charge in [-0.05, 0) is 39.5 Å². The van der Waals surface area contributed by atoms with Crippen molar-refractivity contribution in [3.8, 4) is 0 Å². The van der Waals surface area contributed by atoms with Gasteiger partial charge in [0.15, 0.2) is 0 Å². The van der Waals surface area contributed by atoms with Crippen LogP contribution in [0.4, 0.5) is 0 Å². The van der Waals surface area contributed by atoms with Gasteiger partial charge in [0.05, 0.1) is 0 Å². The summed E-state index contributed by atoms with van der Waals surface area (Å²) in [6.45, 7) is 4.20. The summed E-state index contributed by atoms with van der Waals surface area (Å²) in [7, 11) is 0. The second-order valence-electron chi connectivity index (χ2n) is 4.19. The molecule has 0 aromatic carbocycles. The summed E-state index contributed by atoms with van der Waals surface area (Å²) in [5.74, 6) is 0. The largest absolute Gasteiger partial charge is 0.0917 e. The maximum atomic E-state index is 2.27. The van der Waals surface area contributed by atoms with E-state index in [1.807, 2.05) is 0 Å². The molecule has 0 N–H and O–H groups in total. The first-order chi connectivity index (χ1) is 7.41. The summed E-state index contributed by atoms with van der Waals surface area (Å²) in [6.07, 6.45) is 21.3. The zero-order chi connectivity index (χ0) is 11.2. The Hall–Kier alpha value is -0.520. The van der Waals surface area contributed by atoms with Crippen molar-refractivity contribution in [2.45, 2.75) is 71.6 Å². The lowest BCUT2D eigenvalue weighted by Gasteiger charge is -1.99. The van der Waals surface area contributed by atoms with E-state index in [1.165, 1.54) is 57.8 Å². The van der Waals surface area contributed by atoms with Crippen molar-refractivity contribution in [3.05, 3.63) is 24.3 Å². The molecule has 0 bridgehead atoms. The van der Waals surface area contributed by atoms with Gasteiger partial charge in [0.2, 0.25) is 0 Å². The van der Waals surface area contributed by atoms with E-state index in [-0.39, 0.29) is 0 Å². The molecule has 0 aromatic rings. The molecule has 0 atom stereocenters. The Morgan fingerprint density at radius 2 is 0.867 bits per heavy atom. The van der Waals surface area contributed by atoms with Gasteiger partial charge < -0.3 is 0 Å². The van der Waals surface area contributed by atoms with Gasteiger partial charge in [0.25, 0.3) is 0 Å². The fraction of sp³-hybridized carbons (Fsp3) is 0.733. The number of rotatable bonds is 10. The maximum Gasteiger partial charge on any atom is -0.0351 e. The van der Waals surface area contributed by atoms with Crippen molar-refractivity contribution >= 4 is 0 Å². The van der Waals surface area contributed by atoms with Crippen LogP contribution in [0.5, 0.6) is 0 Å². The number of unbranched alkanes of at least 4 members (excludes halogenated alkanes) is 8. The molecule has 0 saturated heterocycles. The van der Waals surface area contributed by atoms with Gasteiger partial charge in [-0.1, -0.05) is 56.4 Å². The third kappa shape index (κ3) is 13.5. The highest BCUT2D eigenvalue weighted by atomic mass is 14.0. The Balaban J connectivity index is 2.92. The van der Waals surface area contributed by atoms with E-state index in [2.05, 4.69) is 38.2 Å². The van der Waals surface area contributed by atoms with E-state index < -0.39 is 0 Å². The van der Waals surface area contributed by atoms with E-state index in [1.54, 1.807) is 0 Å². The summed E-state index contributed by atoms with van der Waals surface area (Å²) in [5.41, 5.74) is 0. The van der Waals surface area contributed by atoms with Gasteiger partial charge in [0, 0.05) is 0 Å². The highest BCUT2D eigenvalue weighted by Gasteiger charge is 1.90. The summed E-state index contributed by atoms with van der Waals surface area (Å²) < 4.78 is 0. The average Bonchev–Trinajstić information content (AvgIpc) is 2.26. The molecule has 0 aliphatic rings. The van der Waals surface area contributed by atoms with Gasteiger partial charge >= 0.3 is 0 Å². The minimum absolute atomic E-state index is 1.28. The van der Waals surface area contributed by atoms with Crippen molar-refractivity contribution in [2.24, 2.45) is 0 Å².